The number of ether oxygens (including phenoxy) is 1. The Kier molecular flexibility index (Phi) is 5.83. The molecule has 2 heterocycles. The highest BCUT2D eigenvalue weighted by Gasteiger charge is 2.25. The first-order valence-corrected chi connectivity index (χ1v) is 9.71. The van der Waals surface area contributed by atoms with Crippen LogP contribution in [-0.4, -0.2) is 51.5 Å². The zero-order valence-corrected chi connectivity index (χ0v) is 16.7. The minimum absolute atomic E-state index is 0.120. The van der Waals surface area contributed by atoms with Crippen LogP contribution in [0.25, 0.3) is 5.69 Å². The van der Waals surface area contributed by atoms with Crippen LogP contribution in [-0.2, 0) is 4.74 Å². The van der Waals surface area contributed by atoms with Crippen molar-refractivity contribution in [2.75, 3.05) is 25.0 Å². The number of benzene rings is 2. The highest BCUT2D eigenvalue weighted by atomic mass is 19.1. The standard InChI is InChI=1S/C22H18FN5O4/c23-16-2-4-17(5-3-16)28-8-7-19(26-28)21(29)25-18-6-1-14(11-15(18)12-24)20-13-27(22(30)31)9-10-32-20/h1-8,11,20H,9-10,13H2,(H,25,29)(H,30,31). The van der Waals surface area contributed by atoms with Crippen molar-refractivity contribution in [3.05, 3.63) is 77.4 Å². The third-order valence-electron chi connectivity index (χ3n) is 5.03. The second-order valence-corrected chi connectivity index (χ2v) is 7.08. The number of carboxylic acid groups (broad SMARTS) is 1. The van der Waals surface area contributed by atoms with Crippen LogP contribution in [0.3, 0.4) is 0 Å². The van der Waals surface area contributed by atoms with Crippen LogP contribution >= 0.6 is 0 Å². The van der Waals surface area contributed by atoms with Crippen molar-refractivity contribution in [3.63, 3.8) is 0 Å². The van der Waals surface area contributed by atoms with Gasteiger partial charge in [-0.25, -0.2) is 13.9 Å². The van der Waals surface area contributed by atoms with Gasteiger partial charge in [0.05, 0.1) is 30.1 Å². The summed E-state index contributed by atoms with van der Waals surface area (Å²) in [6, 6.07) is 14.0. The van der Waals surface area contributed by atoms with Gasteiger partial charge in [0.15, 0.2) is 5.69 Å². The highest BCUT2D eigenvalue weighted by molar-refractivity contribution is 6.03. The van der Waals surface area contributed by atoms with Crippen molar-refractivity contribution in [1.29, 1.82) is 5.26 Å². The van der Waals surface area contributed by atoms with Gasteiger partial charge in [-0.2, -0.15) is 10.4 Å². The molecule has 4 rings (SSSR count). The minimum Gasteiger partial charge on any atom is -0.465 e. The van der Waals surface area contributed by atoms with Crippen LogP contribution in [0.15, 0.2) is 54.7 Å². The second-order valence-electron chi connectivity index (χ2n) is 7.08. The van der Waals surface area contributed by atoms with E-state index in [-0.39, 0.29) is 36.8 Å². The van der Waals surface area contributed by atoms with Gasteiger partial charge in [0.2, 0.25) is 0 Å². The van der Waals surface area contributed by atoms with E-state index < -0.39 is 18.1 Å². The van der Waals surface area contributed by atoms with Gasteiger partial charge in [0, 0.05) is 12.7 Å². The summed E-state index contributed by atoms with van der Waals surface area (Å²) in [5.41, 5.74) is 1.87. The van der Waals surface area contributed by atoms with Gasteiger partial charge in [-0.3, -0.25) is 4.79 Å². The van der Waals surface area contributed by atoms with E-state index in [1.54, 1.807) is 24.4 Å². The first-order valence-electron chi connectivity index (χ1n) is 9.71. The van der Waals surface area contributed by atoms with Crippen LogP contribution in [0.2, 0.25) is 0 Å². The van der Waals surface area contributed by atoms with Crippen molar-refractivity contribution in [3.8, 4) is 11.8 Å². The van der Waals surface area contributed by atoms with E-state index >= 15 is 0 Å². The topological polar surface area (TPSA) is 120 Å². The van der Waals surface area contributed by atoms with Crippen LogP contribution in [0, 0.1) is 17.1 Å². The number of hydrogen-bond donors (Lipinski definition) is 2. The first kappa shape index (κ1) is 21.0. The number of carbonyl (C=O) groups is 2. The van der Waals surface area contributed by atoms with Crippen molar-refractivity contribution >= 4 is 17.7 Å². The average Bonchev–Trinajstić information content (AvgIpc) is 3.30. The molecule has 162 valence electrons. The summed E-state index contributed by atoms with van der Waals surface area (Å²) in [5, 5.41) is 25.6. The molecule has 1 atom stereocenters. The molecule has 2 amide bonds. The predicted octanol–water partition coefficient (Wildman–Crippen LogP) is 3.19. The lowest BCUT2D eigenvalue weighted by Crippen LogP contribution is -2.41. The van der Waals surface area contributed by atoms with Crippen LogP contribution in [0.1, 0.15) is 27.7 Å². The third kappa shape index (κ3) is 4.43. The van der Waals surface area contributed by atoms with Gasteiger partial charge in [0.25, 0.3) is 5.91 Å². The van der Waals surface area contributed by atoms with Gasteiger partial charge < -0.3 is 20.1 Å². The van der Waals surface area contributed by atoms with E-state index in [9.17, 15) is 24.3 Å². The smallest absolute Gasteiger partial charge is 0.407 e. The Morgan fingerprint density at radius 1 is 1.22 bits per heavy atom. The van der Waals surface area contributed by atoms with E-state index in [0.29, 0.717) is 16.9 Å². The molecule has 0 radical (unpaired) electrons. The normalized spacial score (nSPS) is 15.8. The molecule has 3 aromatic rings. The minimum atomic E-state index is -1.03. The largest absolute Gasteiger partial charge is 0.465 e. The molecule has 10 heteroatoms. The summed E-state index contributed by atoms with van der Waals surface area (Å²) in [7, 11) is 0. The van der Waals surface area contributed by atoms with E-state index in [1.807, 2.05) is 6.07 Å². The Balaban J connectivity index is 1.50. The summed E-state index contributed by atoms with van der Waals surface area (Å²) in [6.07, 6.45) is 0.0521. The fraction of sp³-hybridized carbons (Fsp3) is 0.182. The molecule has 9 nitrogen and oxygen atoms in total. The summed E-state index contributed by atoms with van der Waals surface area (Å²) < 4.78 is 20.2. The number of rotatable bonds is 4. The second kappa shape index (κ2) is 8.87. The maximum absolute atomic E-state index is 13.1. The molecule has 1 saturated heterocycles. The molecule has 1 unspecified atom stereocenters. The maximum Gasteiger partial charge on any atom is 0.407 e. The molecule has 1 aromatic heterocycles. The molecule has 0 aliphatic carbocycles. The molecule has 0 saturated carbocycles. The number of amides is 2. The molecule has 32 heavy (non-hydrogen) atoms. The van der Waals surface area contributed by atoms with Crippen molar-refractivity contribution in [1.82, 2.24) is 14.7 Å². The molecule has 2 N–H and O–H groups in total. The zero-order valence-electron chi connectivity index (χ0n) is 16.7. The number of nitrogens with zero attached hydrogens (tertiary/aromatic N) is 4. The number of anilines is 1. The Morgan fingerprint density at radius 3 is 2.72 bits per heavy atom. The van der Waals surface area contributed by atoms with E-state index in [4.69, 9.17) is 4.74 Å². The van der Waals surface area contributed by atoms with Crippen LogP contribution < -0.4 is 5.32 Å². The lowest BCUT2D eigenvalue weighted by molar-refractivity contribution is -0.0232. The molecular formula is C22H18FN5O4. The van der Waals surface area contributed by atoms with Crippen LogP contribution in [0.5, 0.6) is 0 Å². The van der Waals surface area contributed by atoms with E-state index in [1.165, 1.54) is 39.9 Å². The molecule has 1 fully saturated rings. The van der Waals surface area contributed by atoms with Crippen LogP contribution in [0.4, 0.5) is 14.9 Å². The Hall–Kier alpha value is -4.23. The fourth-order valence-electron chi connectivity index (χ4n) is 3.36. The maximum atomic E-state index is 13.1. The predicted molar refractivity (Wildman–Crippen MR) is 111 cm³/mol. The highest BCUT2D eigenvalue weighted by Crippen LogP contribution is 2.26. The van der Waals surface area contributed by atoms with Gasteiger partial charge in [-0.1, -0.05) is 6.07 Å². The zero-order chi connectivity index (χ0) is 22.7. The number of morpholine rings is 1. The summed E-state index contributed by atoms with van der Waals surface area (Å²) in [6.45, 7) is 0.705. The number of carbonyl (C=O) groups excluding carboxylic acids is 1. The monoisotopic (exact) mass is 435 g/mol. The summed E-state index contributed by atoms with van der Waals surface area (Å²) >= 11 is 0. The van der Waals surface area contributed by atoms with Crippen molar-refractivity contribution < 1.29 is 23.8 Å². The number of nitrogens with one attached hydrogen (secondary N) is 1. The molecule has 1 aliphatic rings. The SMILES string of the molecule is N#Cc1cc(C2CN(C(=O)O)CCO2)ccc1NC(=O)c1ccn(-c2ccc(F)cc2)n1. The molecular weight excluding hydrogens is 417 g/mol. The summed E-state index contributed by atoms with van der Waals surface area (Å²) in [4.78, 5) is 25.1. The number of nitriles is 1. The molecule has 2 aromatic carbocycles. The van der Waals surface area contributed by atoms with Gasteiger partial charge in [-0.15, -0.1) is 0 Å². The number of hydrogen-bond acceptors (Lipinski definition) is 5. The number of halogens is 1. The first-order chi connectivity index (χ1) is 15.4. The van der Waals surface area contributed by atoms with Crippen molar-refractivity contribution in [2.24, 2.45) is 0 Å². The van der Waals surface area contributed by atoms with E-state index in [0.717, 1.165) is 0 Å². The van der Waals surface area contributed by atoms with Gasteiger partial charge >= 0.3 is 6.09 Å². The van der Waals surface area contributed by atoms with Gasteiger partial charge in [-0.05, 0) is 48.0 Å². The third-order valence-corrected chi connectivity index (χ3v) is 5.03. The Morgan fingerprint density at radius 2 is 2.00 bits per heavy atom. The lowest BCUT2D eigenvalue weighted by Gasteiger charge is -2.31. The molecule has 1 aliphatic heterocycles. The molecule has 0 bridgehead atoms. The Labute approximate surface area is 182 Å². The van der Waals surface area contributed by atoms with E-state index in [2.05, 4.69) is 10.4 Å². The summed E-state index contributed by atoms with van der Waals surface area (Å²) in [5.74, 6) is -0.887. The quantitative estimate of drug-likeness (QED) is 0.649. The average molecular weight is 435 g/mol. The lowest BCUT2D eigenvalue weighted by atomic mass is 10.0. The van der Waals surface area contributed by atoms with Gasteiger partial charge in [0.1, 0.15) is 18.0 Å². The molecule has 0 spiro atoms. The number of aromatic nitrogens is 2. The Bertz CT molecular complexity index is 1200. The van der Waals surface area contributed by atoms with Crippen molar-refractivity contribution in [2.45, 2.75) is 6.10 Å². The fourth-order valence-corrected chi connectivity index (χ4v) is 3.36.